The van der Waals surface area contributed by atoms with Gasteiger partial charge < -0.3 is 0 Å². The maximum Gasteiger partial charge on any atom is 0.178 e. The summed E-state index contributed by atoms with van der Waals surface area (Å²) >= 11 is 0. The molecule has 0 heterocycles. The van der Waals surface area contributed by atoms with Crippen molar-refractivity contribution < 1.29 is 13.2 Å². The van der Waals surface area contributed by atoms with Gasteiger partial charge in [-0.1, -0.05) is 24.6 Å². The van der Waals surface area contributed by atoms with Crippen LogP contribution in [0.1, 0.15) is 31.7 Å². The van der Waals surface area contributed by atoms with E-state index in [9.17, 15) is 13.2 Å². The molecule has 1 rings (SSSR count). The lowest BCUT2D eigenvalue weighted by molar-refractivity contribution is -0.118. The van der Waals surface area contributed by atoms with Gasteiger partial charge in [0.15, 0.2) is 9.84 Å². The summed E-state index contributed by atoms with van der Waals surface area (Å²) in [7, 11) is -3.23. The van der Waals surface area contributed by atoms with Gasteiger partial charge in [-0.15, -0.1) is 0 Å². The molecular formula is C13H18O3S. The summed E-state index contributed by atoms with van der Waals surface area (Å²) in [6.45, 7) is 3.70. The molecule has 0 spiro atoms. The molecule has 0 atom stereocenters. The van der Waals surface area contributed by atoms with Crippen LogP contribution in [-0.2, 0) is 14.6 Å². The van der Waals surface area contributed by atoms with Crippen LogP contribution in [0.3, 0.4) is 0 Å². The van der Waals surface area contributed by atoms with Crippen molar-refractivity contribution in [2.45, 2.75) is 38.0 Å². The lowest BCUT2D eigenvalue weighted by Crippen LogP contribution is -2.08. The molecule has 3 nitrogen and oxygen atoms in total. The zero-order chi connectivity index (χ0) is 12.9. The van der Waals surface area contributed by atoms with E-state index in [4.69, 9.17) is 0 Å². The Hall–Kier alpha value is -1.16. The van der Waals surface area contributed by atoms with E-state index in [1.165, 1.54) is 0 Å². The molecule has 17 heavy (non-hydrogen) atoms. The van der Waals surface area contributed by atoms with Crippen molar-refractivity contribution in [1.82, 2.24) is 0 Å². The van der Waals surface area contributed by atoms with Crippen LogP contribution in [0.2, 0.25) is 0 Å². The van der Waals surface area contributed by atoms with Gasteiger partial charge in [0.1, 0.15) is 5.78 Å². The average molecular weight is 254 g/mol. The van der Waals surface area contributed by atoms with E-state index in [1.807, 2.05) is 6.92 Å². The van der Waals surface area contributed by atoms with Crippen molar-refractivity contribution >= 4 is 15.6 Å². The Morgan fingerprint density at radius 1 is 1.18 bits per heavy atom. The number of rotatable bonds is 6. The van der Waals surface area contributed by atoms with E-state index in [0.717, 1.165) is 5.56 Å². The lowest BCUT2D eigenvalue weighted by Gasteiger charge is -2.04. The first-order chi connectivity index (χ1) is 7.95. The van der Waals surface area contributed by atoms with Crippen molar-refractivity contribution in [1.29, 1.82) is 0 Å². The van der Waals surface area contributed by atoms with Crippen molar-refractivity contribution in [3.63, 3.8) is 0 Å². The summed E-state index contributed by atoms with van der Waals surface area (Å²) in [5, 5.41) is 0. The van der Waals surface area contributed by atoms with Gasteiger partial charge in [0.25, 0.3) is 0 Å². The summed E-state index contributed by atoms with van der Waals surface area (Å²) in [5.41, 5.74) is 1.03. The topological polar surface area (TPSA) is 51.2 Å². The lowest BCUT2D eigenvalue weighted by atomic mass is 10.2. The molecule has 1 aromatic rings. The third-order valence-corrected chi connectivity index (χ3v) is 4.46. The summed E-state index contributed by atoms with van der Waals surface area (Å²) in [6, 6.07) is 6.80. The molecule has 0 radical (unpaired) electrons. The van der Waals surface area contributed by atoms with E-state index in [-0.39, 0.29) is 11.5 Å². The second-order valence-electron chi connectivity index (χ2n) is 4.13. The predicted octanol–water partition coefficient (Wildman–Crippen LogP) is 2.53. The van der Waals surface area contributed by atoms with Crippen LogP contribution in [0, 0.1) is 6.92 Å². The Kier molecular flexibility index (Phi) is 4.87. The number of sulfone groups is 1. The molecule has 4 heteroatoms. The van der Waals surface area contributed by atoms with Gasteiger partial charge in [-0.05, 0) is 25.5 Å². The summed E-state index contributed by atoms with van der Waals surface area (Å²) < 4.78 is 23.8. The average Bonchev–Trinajstić information content (AvgIpc) is 2.29. The van der Waals surface area contributed by atoms with Gasteiger partial charge in [-0.3, -0.25) is 4.79 Å². The van der Waals surface area contributed by atoms with Crippen molar-refractivity contribution in [2.75, 3.05) is 5.75 Å². The summed E-state index contributed by atoms with van der Waals surface area (Å²) in [4.78, 5) is 11.4. The SMILES string of the molecule is CCC(=O)CCCS(=O)(=O)c1ccc(C)cc1. The van der Waals surface area contributed by atoms with Crippen molar-refractivity contribution in [3.8, 4) is 0 Å². The summed E-state index contributed by atoms with van der Waals surface area (Å²) in [5.74, 6) is 0.158. The van der Waals surface area contributed by atoms with Crippen LogP contribution >= 0.6 is 0 Å². The molecule has 0 aliphatic carbocycles. The van der Waals surface area contributed by atoms with Gasteiger partial charge in [-0.2, -0.15) is 0 Å². The number of hydrogen-bond donors (Lipinski definition) is 0. The maximum absolute atomic E-state index is 11.9. The second kappa shape index (κ2) is 5.96. The number of carbonyl (C=O) groups excluding carboxylic acids is 1. The van der Waals surface area contributed by atoms with Gasteiger partial charge in [0.05, 0.1) is 10.6 Å². The normalized spacial score (nSPS) is 11.4. The molecule has 0 fully saturated rings. The first kappa shape index (κ1) is 13.9. The molecule has 0 aliphatic rings. The Labute approximate surface area is 103 Å². The first-order valence-corrected chi connectivity index (χ1v) is 7.42. The van der Waals surface area contributed by atoms with Crippen molar-refractivity contribution in [3.05, 3.63) is 29.8 Å². The number of aryl methyl sites for hydroxylation is 1. The summed E-state index contributed by atoms with van der Waals surface area (Å²) in [6.07, 6.45) is 1.23. The minimum atomic E-state index is -3.23. The highest BCUT2D eigenvalue weighted by Crippen LogP contribution is 2.13. The Bertz CT molecular complexity index is 472. The second-order valence-corrected chi connectivity index (χ2v) is 6.24. The molecule has 1 aromatic carbocycles. The highest BCUT2D eigenvalue weighted by Gasteiger charge is 2.14. The minimum Gasteiger partial charge on any atom is -0.300 e. The number of ketones is 1. The zero-order valence-corrected chi connectivity index (χ0v) is 11.1. The fraction of sp³-hybridized carbons (Fsp3) is 0.462. The van der Waals surface area contributed by atoms with Crippen LogP contribution in [0.5, 0.6) is 0 Å². The van der Waals surface area contributed by atoms with E-state index in [2.05, 4.69) is 0 Å². The van der Waals surface area contributed by atoms with E-state index < -0.39 is 9.84 Å². The zero-order valence-electron chi connectivity index (χ0n) is 10.3. The van der Waals surface area contributed by atoms with Crippen LogP contribution in [-0.4, -0.2) is 20.0 Å². The van der Waals surface area contributed by atoms with Gasteiger partial charge in [0.2, 0.25) is 0 Å². The quantitative estimate of drug-likeness (QED) is 0.784. The van der Waals surface area contributed by atoms with E-state index in [1.54, 1.807) is 31.2 Å². The minimum absolute atomic E-state index is 0.0435. The highest BCUT2D eigenvalue weighted by molar-refractivity contribution is 7.91. The highest BCUT2D eigenvalue weighted by atomic mass is 32.2. The number of carbonyl (C=O) groups is 1. The fourth-order valence-corrected chi connectivity index (χ4v) is 2.81. The third kappa shape index (κ3) is 4.30. The molecule has 0 amide bonds. The molecule has 0 aliphatic heterocycles. The fourth-order valence-electron chi connectivity index (χ4n) is 1.50. The van der Waals surface area contributed by atoms with E-state index in [0.29, 0.717) is 24.2 Å². The number of Topliss-reactive ketones (excluding diaryl/α,β-unsaturated/α-hetero) is 1. The Morgan fingerprint density at radius 2 is 1.76 bits per heavy atom. The molecule has 0 bridgehead atoms. The Balaban J connectivity index is 2.63. The Morgan fingerprint density at radius 3 is 2.29 bits per heavy atom. The molecular weight excluding hydrogens is 236 g/mol. The number of hydrogen-bond acceptors (Lipinski definition) is 3. The van der Waals surface area contributed by atoms with Crippen LogP contribution in [0.25, 0.3) is 0 Å². The maximum atomic E-state index is 11.9. The van der Waals surface area contributed by atoms with Gasteiger partial charge >= 0.3 is 0 Å². The molecule has 0 aromatic heterocycles. The van der Waals surface area contributed by atoms with Crippen LogP contribution < -0.4 is 0 Å². The van der Waals surface area contributed by atoms with Gasteiger partial charge in [0, 0.05) is 12.8 Å². The van der Waals surface area contributed by atoms with Gasteiger partial charge in [-0.25, -0.2) is 8.42 Å². The molecule has 94 valence electrons. The molecule has 0 unspecified atom stereocenters. The molecule has 0 N–H and O–H groups in total. The largest absolute Gasteiger partial charge is 0.300 e. The van der Waals surface area contributed by atoms with Crippen LogP contribution in [0.15, 0.2) is 29.2 Å². The van der Waals surface area contributed by atoms with Crippen molar-refractivity contribution in [2.24, 2.45) is 0 Å². The third-order valence-electron chi connectivity index (χ3n) is 2.64. The number of benzene rings is 1. The van der Waals surface area contributed by atoms with Crippen LogP contribution in [0.4, 0.5) is 0 Å². The molecule has 0 saturated carbocycles. The predicted molar refractivity (Wildman–Crippen MR) is 67.8 cm³/mol. The first-order valence-electron chi connectivity index (χ1n) is 5.77. The standard InChI is InChI=1S/C13H18O3S/c1-3-12(14)5-4-10-17(15,16)13-8-6-11(2)7-9-13/h6-9H,3-5,10H2,1-2H3. The monoisotopic (exact) mass is 254 g/mol. The smallest absolute Gasteiger partial charge is 0.178 e. The molecule has 0 saturated heterocycles. The van der Waals surface area contributed by atoms with E-state index >= 15 is 0 Å².